The minimum Gasteiger partial charge on any atom is -0.497 e. The van der Waals surface area contributed by atoms with Gasteiger partial charge in [-0.15, -0.1) is 10.2 Å². The maximum atomic E-state index is 12.6. The number of nitrogens with zero attached hydrogens (tertiary/aromatic N) is 2. The van der Waals surface area contributed by atoms with Gasteiger partial charge in [-0.05, 0) is 50.2 Å². The summed E-state index contributed by atoms with van der Waals surface area (Å²) in [6.45, 7) is 3.70. The van der Waals surface area contributed by atoms with Crippen LogP contribution >= 0.6 is 11.3 Å². The predicted octanol–water partition coefficient (Wildman–Crippen LogP) is 2.85. The Hall–Kier alpha value is -3.02. The van der Waals surface area contributed by atoms with E-state index in [1.165, 1.54) is 0 Å². The molecule has 0 aliphatic rings. The molecule has 0 bridgehead atoms. The van der Waals surface area contributed by atoms with Crippen LogP contribution in [0, 0.1) is 6.92 Å². The van der Waals surface area contributed by atoms with E-state index in [0.29, 0.717) is 17.1 Å². The van der Waals surface area contributed by atoms with Gasteiger partial charge in [0.2, 0.25) is 9.47 Å². The van der Waals surface area contributed by atoms with Crippen molar-refractivity contribution < 1.29 is 22.7 Å². The summed E-state index contributed by atoms with van der Waals surface area (Å²) in [5.41, 5.74) is 1.46. The molecular formula is C20H22N4O5S2. The van der Waals surface area contributed by atoms with Crippen molar-refractivity contribution in [1.29, 1.82) is 0 Å². The van der Waals surface area contributed by atoms with Gasteiger partial charge >= 0.3 is 0 Å². The second-order valence-corrected chi connectivity index (χ2v) is 9.57. The van der Waals surface area contributed by atoms with Gasteiger partial charge in [-0.1, -0.05) is 29.0 Å². The number of carbonyl (C=O) groups is 1. The summed E-state index contributed by atoms with van der Waals surface area (Å²) in [6, 6.07) is 13.4. The maximum absolute atomic E-state index is 12.6. The number of sulfonamides is 1. The average Bonchev–Trinajstić information content (AvgIpc) is 3.22. The number of aromatic nitrogens is 2. The van der Waals surface area contributed by atoms with Gasteiger partial charge < -0.3 is 9.47 Å². The molecule has 1 unspecified atom stereocenters. The zero-order valence-corrected chi connectivity index (χ0v) is 18.8. The minimum atomic E-state index is -3.92. The van der Waals surface area contributed by atoms with E-state index in [-0.39, 0.29) is 16.1 Å². The zero-order valence-electron chi connectivity index (χ0n) is 17.2. The Kier molecular flexibility index (Phi) is 7.21. The van der Waals surface area contributed by atoms with Crippen LogP contribution in [-0.4, -0.2) is 44.3 Å². The smallest absolute Gasteiger partial charge is 0.270 e. The third kappa shape index (κ3) is 6.23. The first-order valence-electron chi connectivity index (χ1n) is 9.27. The van der Waals surface area contributed by atoms with Crippen LogP contribution in [0.25, 0.3) is 0 Å². The summed E-state index contributed by atoms with van der Waals surface area (Å²) in [6.07, 6.45) is 0. The highest BCUT2D eigenvalue weighted by Crippen LogP contribution is 2.21. The fourth-order valence-electron chi connectivity index (χ4n) is 2.49. The van der Waals surface area contributed by atoms with E-state index in [2.05, 4.69) is 20.2 Å². The quantitative estimate of drug-likeness (QED) is 0.469. The fourth-order valence-corrected chi connectivity index (χ4v) is 4.62. The highest BCUT2D eigenvalue weighted by atomic mass is 32.2. The van der Waals surface area contributed by atoms with Crippen LogP contribution in [0.3, 0.4) is 0 Å². The highest BCUT2D eigenvalue weighted by Gasteiger charge is 2.23. The predicted molar refractivity (Wildman–Crippen MR) is 117 cm³/mol. The number of ether oxygens (including phenoxy) is 2. The molecule has 0 saturated carbocycles. The second kappa shape index (κ2) is 9.86. The summed E-state index contributed by atoms with van der Waals surface area (Å²) in [7, 11) is -2.35. The summed E-state index contributed by atoms with van der Waals surface area (Å²) >= 11 is 0.767. The number of carbonyl (C=O) groups excluding carboxylic acids is 1. The molecule has 3 rings (SSSR count). The molecule has 1 atom stereocenters. The molecule has 11 heteroatoms. The van der Waals surface area contributed by atoms with Crippen LogP contribution in [-0.2, 0) is 10.0 Å². The molecule has 0 saturated heterocycles. The topological polar surface area (TPSA) is 120 Å². The molecule has 164 valence electrons. The Labute approximate surface area is 184 Å². The molecule has 0 spiro atoms. The van der Waals surface area contributed by atoms with Gasteiger partial charge in [0, 0.05) is 5.56 Å². The number of hydrogen-bond donors (Lipinski definition) is 2. The van der Waals surface area contributed by atoms with Crippen molar-refractivity contribution in [2.24, 2.45) is 0 Å². The molecule has 1 amide bonds. The Balaban J connectivity index is 1.56. The lowest BCUT2D eigenvalue weighted by Crippen LogP contribution is -2.36. The minimum absolute atomic E-state index is 0.0908. The molecule has 0 radical (unpaired) electrons. The van der Waals surface area contributed by atoms with E-state index in [0.717, 1.165) is 16.9 Å². The number of aryl methyl sites for hydroxylation is 1. The van der Waals surface area contributed by atoms with Crippen molar-refractivity contribution in [3.63, 3.8) is 0 Å². The maximum Gasteiger partial charge on any atom is 0.270 e. The number of hydrogen-bond acceptors (Lipinski definition) is 8. The molecular weight excluding hydrogens is 440 g/mol. The van der Waals surface area contributed by atoms with Gasteiger partial charge in [-0.2, -0.15) is 0 Å². The Morgan fingerprint density at radius 2 is 1.71 bits per heavy atom. The zero-order chi connectivity index (χ0) is 22.4. The summed E-state index contributed by atoms with van der Waals surface area (Å²) in [5.74, 6) is 0.890. The average molecular weight is 463 g/mol. The van der Waals surface area contributed by atoms with Gasteiger partial charge in [0.1, 0.15) is 18.1 Å². The molecule has 0 aliphatic heterocycles. The summed E-state index contributed by atoms with van der Waals surface area (Å²) in [4.78, 5) is 12.3. The molecule has 9 nitrogen and oxygen atoms in total. The molecule has 2 N–H and O–H groups in total. The van der Waals surface area contributed by atoms with Gasteiger partial charge in [0.05, 0.1) is 13.2 Å². The largest absolute Gasteiger partial charge is 0.497 e. The summed E-state index contributed by atoms with van der Waals surface area (Å²) in [5, 5.41) is 10.1. The van der Waals surface area contributed by atoms with Crippen molar-refractivity contribution in [3.05, 3.63) is 59.7 Å². The molecule has 31 heavy (non-hydrogen) atoms. The van der Waals surface area contributed by atoms with Crippen molar-refractivity contribution in [1.82, 2.24) is 14.9 Å². The standard InChI is InChI=1S/C20H22N4O5S2/c1-13-4-6-15(7-5-13)18(25)21-19-22-23-20(30-19)31(26,27)24-14(2)12-29-17-10-8-16(28-3)9-11-17/h4-11,14,24H,12H2,1-3H3,(H,21,22,25). The van der Waals surface area contributed by atoms with E-state index in [1.807, 2.05) is 19.1 Å². The molecule has 0 aliphatic carbocycles. The van der Waals surface area contributed by atoms with Crippen molar-refractivity contribution in [2.75, 3.05) is 19.0 Å². The first-order valence-corrected chi connectivity index (χ1v) is 11.6. The Morgan fingerprint density at radius 3 is 2.35 bits per heavy atom. The first-order chi connectivity index (χ1) is 14.8. The van der Waals surface area contributed by atoms with E-state index in [1.54, 1.807) is 50.4 Å². The lowest BCUT2D eigenvalue weighted by Gasteiger charge is -2.14. The van der Waals surface area contributed by atoms with Crippen molar-refractivity contribution in [2.45, 2.75) is 24.2 Å². The van der Waals surface area contributed by atoms with E-state index in [9.17, 15) is 13.2 Å². The lowest BCUT2D eigenvalue weighted by atomic mass is 10.1. The van der Waals surface area contributed by atoms with Crippen LogP contribution in [0.1, 0.15) is 22.8 Å². The molecule has 1 aromatic heterocycles. The third-order valence-electron chi connectivity index (χ3n) is 4.09. The van der Waals surface area contributed by atoms with Gasteiger partial charge in [-0.3, -0.25) is 10.1 Å². The molecule has 0 fully saturated rings. The number of benzene rings is 2. The number of amides is 1. The fraction of sp³-hybridized carbons (Fsp3) is 0.250. The Bertz CT molecular complexity index is 1130. The Morgan fingerprint density at radius 1 is 1.06 bits per heavy atom. The van der Waals surface area contributed by atoms with E-state index in [4.69, 9.17) is 9.47 Å². The van der Waals surface area contributed by atoms with E-state index >= 15 is 0 Å². The first kappa shape index (κ1) is 22.7. The number of nitrogens with one attached hydrogen (secondary N) is 2. The second-order valence-electron chi connectivity index (χ2n) is 6.70. The number of methoxy groups -OCH3 is 1. The van der Waals surface area contributed by atoms with E-state index < -0.39 is 22.0 Å². The van der Waals surface area contributed by atoms with Crippen molar-refractivity contribution >= 4 is 32.4 Å². The van der Waals surface area contributed by atoms with Crippen LogP contribution in [0.5, 0.6) is 11.5 Å². The lowest BCUT2D eigenvalue weighted by molar-refractivity contribution is 0.102. The van der Waals surface area contributed by atoms with Crippen LogP contribution in [0.4, 0.5) is 5.13 Å². The van der Waals surface area contributed by atoms with Gasteiger partial charge in [-0.25, -0.2) is 13.1 Å². The van der Waals surface area contributed by atoms with Crippen LogP contribution in [0.15, 0.2) is 52.9 Å². The van der Waals surface area contributed by atoms with Gasteiger partial charge in [0.15, 0.2) is 0 Å². The SMILES string of the molecule is COc1ccc(OCC(C)NS(=O)(=O)c2nnc(NC(=O)c3ccc(C)cc3)s2)cc1. The third-order valence-corrected chi connectivity index (χ3v) is 6.88. The van der Waals surface area contributed by atoms with Crippen LogP contribution < -0.4 is 19.5 Å². The van der Waals surface area contributed by atoms with Crippen LogP contribution in [0.2, 0.25) is 0 Å². The normalized spacial score (nSPS) is 12.2. The van der Waals surface area contributed by atoms with Gasteiger partial charge in [0.25, 0.3) is 15.9 Å². The monoisotopic (exact) mass is 462 g/mol. The number of rotatable bonds is 9. The summed E-state index contributed by atoms with van der Waals surface area (Å²) < 4.78 is 38.0. The molecule has 3 aromatic rings. The molecule has 2 aromatic carbocycles. The highest BCUT2D eigenvalue weighted by molar-refractivity contribution is 7.91. The van der Waals surface area contributed by atoms with Crippen molar-refractivity contribution in [3.8, 4) is 11.5 Å². The molecule has 1 heterocycles. The number of anilines is 1.